The number of amides is 2. The lowest BCUT2D eigenvalue weighted by Gasteiger charge is -2.42. The second-order valence-electron chi connectivity index (χ2n) is 5.58. The molecular weight excluding hydrogens is 260 g/mol. The summed E-state index contributed by atoms with van der Waals surface area (Å²) in [5, 5.41) is 2.91. The molecule has 0 spiro atoms. The molecule has 5 heteroatoms. The van der Waals surface area contributed by atoms with Gasteiger partial charge in [0.25, 0.3) is 0 Å². The monoisotopic (exact) mass is 284 g/mol. The van der Waals surface area contributed by atoms with Crippen LogP contribution in [-0.4, -0.2) is 46.8 Å². The molecule has 0 atom stereocenters. The third kappa shape index (κ3) is 3.07. The van der Waals surface area contributed by atoms with E-state index in [4.69, 9.17) is 0 Å². The Bertz CT molecular complexity index is 349. The van der Waals surface area contributed by atoms with Crippen LogP contribution in [0, 0.1) is 5.92 Å². The summed E-state index contributed by atoms with van der Waals surface area (Å²) >= 11 is 1.99. The van der Waals surface area contributed by atoms with Crippen LogP contribution in [-0.2, 0) is 9.59 Å². The van der Waals surface area contributed by atoms with Crippen molar-refractivity contribution in [1.82, 2.24) is 10.2 Å². The minimum atomic E-state index is -0.654. The molecule has 0 aromatic rings. The minimum Gasteiger partial charge on any atom is -0.340 e. The third-order valence-electron chi connectivity index (χ3n) is 4.44. The second-order valence-corrected chi connectivity index (χ2v) is 6.80. The van der Waals surface area contributed by atoms with Gasteiger partial charge in [0, 0.05) is 6.54 Å². The first-order valence-corrected chi connectivity index (χ1v) is 8.45. The number of hydrogen-bond donors (Lipinski definition) is 1. The Hall–Kier alpha value is -0.710. The molecule has 4 nitrogen and oxygen atoms in total. The van der Waals surface area contributed by atoms with Crippen LogP contribution in [0.2, 0.25) is 0 Å². The molecular formula is C14H24N2O2S. The van der Waals surface area contributed by atoms with Crippen LogP contribution < -0.4 is 5.32 Å². The van der Waals surface area contributed by atoms with Crippen molar-refractivity contribution in [2.75, 3.05) is 24.6 Å². The fourth-order valence-electron chi connectivity index (χ4n) is 3.03. The molecule has 108 valence electrons. The van der Waals surface area contributed by atoms with E-state index in [-0.39, 0.29) is 18.4 Å². The minimum absolute atomic E-state index is 0.00603. The van der Waals surface area contributed by atoms with Crippen LogP contribution in [0.15, 0.2) is 0 Å². The van der Waals surface area contributed by atoms with E-state index in [0.29, 0.717) is 18.8 Å². The summed E-state index contributed by atoms with van der Waals surface area (Å²) in [6.07, 6.45) is 3.68. The molecule has 0 aromatic heterocycles. The molecule has 19 heavy (non-hydrogen) atoms. The van der Waals surface area contributed by atoms with Crippen molar-refractivity contribution in [2.45, 2.75) is 45.1 Å². The van der Waals surface area contributed by atoms with Gasteiger partial charge in [-0.25, -0.2) is 0 Å². The lowest BCUT2D eigenvalue weighted by molar-refractivity contribution is -0.151. The third-order valence-corrected chi connectivity index (χ3v) is 5.49. The highest BCUT2D eigenvalue weighted by Gasteiger charge is 2.44. The molecule has 2 saturated heterocycles. The van der Waals surface area contributed by atoms with E-state index in [1.165, 1.54) is 24.3 Å². The van der Waals surface area contributed by atoms with Crippen LogP contribution in [0.1, 0.15) is 39.5 Å². The van der Waals surface area contributed by atoms with Crippen molar-refractivity contribution in [2.24, 2.45) is 5.92 Å². The second kappa shape index (κ2) is 6.16. The van der Waals surface area contributed by atoms with Gasteiger partial charge in [0.05, 0.1) is 6.54 Å². The highest BCUT2D eigenvalue weighted by Crippen LogP contribution is 2.27. The van der Waals surface area contributed by atoms with Crippen LogP contribution >= 0.6 is 11.8 Å². The van der Waals surface area contributed by atoms with Crippen LogP contribution in [0.3, 0.4) is 0 Å². The molecule has 2 heterocycles. The maximum absolute atomic E-state index is 12.6. The van der Waals surface area contributed by atoms with Crippen LogP contribution in [0.4, 0.5) is 0 Å². The quantitative estimate of drug-likeness (QED) is 0.854. The van der Waals surface area contributed by atoms with Gasteiger partial charge in [-0.3, -0.25) is 9.59 Å². The normalized spacial score (nSPS) is 24.4. The van der Waals surface area contributed by atoms with E-state index in [1.54, 1.807) is 4.90 Å². The molecule has 0 radical (unpaired) electrons. The first kappa shape index (κ1) is 14.7. The van der Waals surface area contributed by atoms with Crippen molar-refractivity contribution >= 4 is 23.6 Å². The van der Waals surface area contributed by atoms with E-state index in [1.807, 2.05) is 25.6 Å². The summed E-state index contributed by atoms with van der Waals surface area (Å²) in [5.41, 5.74) is -0.654. The van der Waals surface area contributed by atoms with E-state index in [9.17, 15) is 9.59 Å². The van der Waals surface area contributed by atoms with Gasteiger partial charge in [0.2, 0.25) is 11.8 Å². The first-order valence-electron chi connectivity index (χ1n) is 7.29. The number of nitrogens with one attached hydrogen (secondary N) is 1. The predicted octanol–water partition coefficient (Wildman–Crippen LogP) is 1.65. The lowest BCUT2D eigenvalue weighted by Crippen LogP contribution is -2.66. The molecule has 0 aromatic carbocycles. The Morgan fingerprint density at radius 1 is 1.26 bits per heavy atom. The van der Waals surface area contributed by atoms with Gasteiger partial charge >= 0.3 is 0 Å². The number of nitrogens with zero attached hydrogens (tertiary/aromatic N) is 1. The van der Waals surface area contributed by atoms with Gasteiger partial charge in [-0.2, -0.15) is 11.8 Å². The van der Waals surface area contributed by atoms with Crippen molar-refractivity contribution in [3.63, 3.8) is 0 Å². The van der Waals surface area contributed by atoms with Gasteiger partial charge < -0.3 is 10.2 Å². The molecule has 1 N–H and O–H groups in total. The smallest absolute Gasteiger partial charge is 0.248 e. The average Bonchev–Trinajstić information content (AvgIpc) is 2.44. The fraction of sp³-hybridized carbons (Fsp3) is 0.857. The van der Waals surface area contributed by atoms with Crippen LogP contribution in [0.25, 0.3) is 0 Å². The zero-order valence-corrected chi connectivity index (χ0v) is 12.7. The Morgan fingerprint density at radius 2 is 1.89 bits per heavy atom. The van der Waals surface area contributed by atoms with Crippen molar-refractivity contribution in [1.29, 1.82) is 0 Å². The number of piperazine rings is 1. The summed E-state index contributed by atoms with van der Waals surface area (Å²) < 4.78 is 0. The topological polar surface area (TPSA) is 49.4 Å². The number of thioether (sulfide) groups is 1. The summed E-state index contributed by atoms with van der Waals surface area (Å²) in [4.78, 5) is 26.3. The maximum atomic E-state index is 12.6. The highest BCUT2D eigenvalue weighted by atomic mass is 32.2. The van der Waals surface area contributed by atoms with Crippen molar-refractivity contribution in [3.05, 3.63) is 0 Å². The standard InChI is InChI=1S/C14H24N2O2S/c1-3-14(4-2)13(18)16(10-12(17)15-14)9-11-5-7-19-8-6-11/h11H,3-10H2,1-2H3,(H,15,17). The Labute approximate surface area is 119 Å². The van der Waals surface area contributed by atoms with Crippen LogP contribution in [0.5, 0.6) is 0 Å². The maximum Gasteiger partial charge on any atom is 0.248 e. The van der Waals surface area contributed by atoms with Gasteiger partial charge in [0.1, 0.15) is 5.54 Å². The zero-order chi connectivity index (χ0) is 13.9. The molecule has 0 unspecified atom stereocenters. The number of carbonyl (C=O) groups is 2. The van der Waals surface area contributed by atoms with E-state index in [0.717, 1.165) is 6.54 Å². The molecule has 2 amide bonds. The van der Waals surface area contributed by atoms with Gasteiger partial charge in [-0.15, -0.1) is 0 Å². The molecule has 2 aliphatic heterocycles. The Morgan fingerprint density at radius 3 is 2.47 bits per heavy atom. The van der Waals surface area contributed by atoms with E-state index < -0.39 is 5.54 Å². The molecule has 0 saturated carbocycles. The van der Waals surface area contributed by atoms with Gasteiger partial charge in [0.15, 0.2) is 0 Å². The van der Waals surface area contributed by atoms with Crippen molar-refractivity contribution < 1.29 is 9.59 Å². The summed E-state index contributed by atoms with van der Waals surface area (Å²) in [7, 11) is 0. The SMILES string of the molecule is CCC1(CC)NC(=O)CN(CC2CCSCC2)C1=O. The molecule has 2 fully saturated rings. The largest absolute Gasteiger partial charge is 0.340 e. The highest BCUT2D eigenvalue weighted by molar-refractivity contribution is 7.99. The predicted molar refractivity (Wildman–Crippen MR) is 78.1 cm³/mol. The Kier molecular flexibility index (Phi) is 4.76. The van der Waals surface area contributed by atoms with E-state index in [2.05, 4.69) is 5.32 Å². The Balaban J connectivity index is 2.06. The first-order chi connectivity index (χ1) is 9.11. The van der Waals surface area contributed by atoms with Gasteiger partial charge in [-0.1, -0.05) is 13.8 Å². The van der Waals surface area contributed by atoms with Crippen molar-refractivity contribution in [3.8, 4) is 0 Å². The molecule has 2 aliphatic rings. The summed E-state index contributed by atoms with van der Waals surface area (Å²) in [6, 6.07) is 0. The number of hydrogen-bond acceptors (Lipinski definition) is 3. The van der Waals surface area contributed by atoms with Gasteiger partial charge in [-0.05, 0) is 43.1 Å². The summed E-state index contributed by atoms with van der Waals surface area (Å²) in [6.45, 7) is 4.95. The summed E-state index contributed by atoms with van der Waals surface area (Å²) in [5.74, 6) is 3.06. The lowest BCUT2D eigenvalue weighted by atomic mass is 9.88. The fourth-order valence-corrected chi connectivity index (χ4v) is 4.23. The van der Waals surface area contributed by atoms with E-state index >= 15 is 0 Å². The average molecular weight is 284 g/mol. The zero-order valence-electron chi connectivity index (χ0n) is 11.9. The number of rotatable bonds is 4. The molecule has 0 bridgehead atoms. The number of carbonyl (C=O) groups excluding carboxylic acids is 2. The molecule has 0 aliphatic carbocycles. The molecule has 2 rings (SSSR count).